The van der Waals surface area contributed by atoms with E-state index in [2.05, 4.69) is 75.5 Å². The van der Waals surface area contributed by atoms with E-state index >= 15 is 0 Å². The van der Waals surface area contributed by atoms with E-state index in [1.807, 2.05) is 0 Å². The van der Waals surface area contributed by atoms with Crippen molar-refractivity contribution >= 4 is 5.69 Å². The van der Waals surface area contributed by atoms with Gasteiger partial charge in [0.15, 0.2) is 0 Å². The Morgan fingerprint density at radius 2 is 1.75 bits per heavy atom. The second-order valence-electron chi connectivity index (χ2n) is 5.87. The fourth-order valence-electron chi connectivity index (χ4n) is 2.44. The number of anilines is 1. The molecule has 0 amide bonds. The summed E-state index contributed by atoms with van der Waals surface area (Å²) < 4.78 is 0. The summed E-state index contributed by atoms with van der Waals surface area (Å²) in [6.45, 7) is 8.73. The van der Waals surface area contributed by atoms with Crippen molar-refractivity contribution in [3.63, 3.8) is 0 Å². The van der Waals surface area contributed by atoms with Crippen molar-refractivity contribution in [1.29, 1.82) is 0 Å². The average Bonchev–Trinajstić information content (AvgIpc) is 2.41. The first-order valence-corrected chi connectivity index (χ1v) is 7.44. The Bertz CT molecular complexity index is 572. The summed E-state index contributed by atoms with van der Waals surface area (Å²) >= 11 is 0. The van der Waals surface area contributed by atoms with E-state index in [0.717, 1.165) is 12.8 Å². The smallest absolute Gasteiger partial charge is 0.0345 e. The van der Waals surface area contributed by atoms with Crippen molar-refractivity contribution < 1.29 is 0 Å². The van der Waals surface area contributed by atoms with Crippen molar-refractivity contribution in [3.05, 3.63) is 64.7 Å². The molecule has 0 aliphatic heterocycles. The molecule has 1 unspecified atom stereocenters. The van der Waals surface area contributed by atoms with Gasteiger partial charge in [-0.25, -0.2) is 0 Å². The van der Waals surface area contributed by atoms with E-state index in [1.165, 1.54) is 27.9 Å². The zero-order valence-corrected chi connectivity index (χ0v) is 13.0. The molecule has 0 bridgehead atoms. The molecule has 2 aromatic rings. The lowest BCUT2D eigenvalue weighted by molar-refractivity contribution is 0.706. The van der Waals surface area contributed by atoms with E-state index in [4.69, 9.17) is 0 Å². The van der Waals surface area contributed by atoms with Gasteiger partial charge in [-0.15, -0.1) is 0 Å². The van der Waals surface area contributed by atoms with Crippen LogP contribution in [-0.4, -0.2) is 6.04 Å². The summed E-state index contributed by atoms with van der Waals surface area (Å²) in [5.41, 5.74) is 6.70. The highest BCUT2D eigenvalue weighted by atomic mass is 14.9. The molecule has 2 rings (SSSR count). The summed E-state index contributed by atoms with van der Waals surface area (Å²) in [6.07, 6.45) is 2.27. The molecular weight excluding hydrogens is 242 g/mol. The average molecular weight is 267 g/mol. The first-order chi connectivity index (χ1) is 9.54. The van der Waals surface area contributed by atoms with Gasteiger partial charge in [-0.3, -0.25) is 0 Å². The monoisotopic (exact) mass is 267 g/mol. The minimum absolute atomic E-state index is 0.484. The van der Waals surface area contributed by atoms with Crippen LogP contribution in [0.25, 0.3) is 0 Å². The molecule has 1 heteroatoms. The Morgan fingerprint density at radius 1 is 0.950 bits per heavy atom. The summed E-state index contributed by atoms with van der Waals surface area (Å²) in [6, 6.07) is 15.9. The minimum atomic E-state index is 0.484. The first-order valence-electron chi connectivity index (χ1n) is 7.44. The Kier molecular flexibility index (Phi) is 4.84. The van der Waals surface area contributed by atoms with Gasteiger partial charge >= 0.3 is 0 Å². The SMILES string of the molecule is Cc1cccc(CCC(C)Nc2ccc(C)c(C)c2)c1. The Morgan fingerprint density at radius 3 is 2.45 bits per heavy atom. The van der Waals surface area contributed by atoms with Crippen LogP contribution in [0.3, 0.4) is 0 Å². The molecule has 2 aromatic carbocycles. The lowest BCUT2D eigenvalue weighted by Gasteiger charge is -2.16. The molecule has 1 nitrogen and oxygen atoms in total. The van der Waals surface area contributed by atoms with E-state index in [9.17, 15) is 0 Å². The van der Waals surface area contributed by atoms with Gasteiger partial charge in [0.25, 0.3) is 0 Å². The second-order valence-corrected chi connectivity index (χ2v) is 5.87. The lowest BCUT2D eigenvalue weighted by Crippen LogP contribution is -2.16. The van der Waals surface area contributed by atoms with Crippen LogP contribution >= 0.6 is 0 Å². The van der Waals surface area contributed by atoms with Gasteiger partial charge in [0.1, 0.15) is 0 Å². The predicted octanol–water partition coefficient (Wildman–Crippen LogP) is 5.05. The van der Waals surface area contributed by atoms with Crippen LogP contribution in [0.4, 0.5) is 5.69 Å². The van der Waals surface area contributed by atoms with Crippen molar-refractivity contribution in [2.45, 2.75) is 46.6 Å². The third-order valence-corrected chi connectivity index (χ3v) is 3.87. The molecule has 0 saturated heterocycles. The molecular formula is C19H25N. The molecule has 0 aliphatic rings. The van der Waals surface area contributed by atoms with Crippen LogP contribution in [-0.2, 0) is 6.42 Å². The zero-order valence-electron chi connectivity index (χ0n) is 13.0. The van der Waals surface area contributed by atoms with Crippen LogP contribution in [0, 0.1) is 20.8 Å². The number of rotatable bonds is 5. The highest BCUT2D eigenvalue weighted by molar-refractivity contribution is 5.48. The van der Waals surface area contributed by atoms with Gasteiger partial charge in [-0.05, 0) is 69.4 Å². The maximum absolute atomic E-state index is 3.59. The van der Waals surface area contributed by atoms with Crippen molar-refractivity contribution in [1.82, 2.24) is 0 Å². The fourth-order valence-corrected chi connectivity index (χ4v) is 2.44. The number of benzene rings is 2. The van der Waals surface area contributed by atoms with Gasteiger partial charge in [0.05, 0.1) is 0 Å². The van der Waals surface area contributed by atoms with Crippen molar-refractivity contribution in [2.75, 3.05) is 5.32 Å². The van der Waals surface area contributed by atoms with Gasteiger partial charge in [0, 0.05) is 11.7 Å². The minimum Gasteiger partial charge on any atom is -0.383 e. The van der Waals surface area contributed by atoms with Gasteiger partial charge < -0.3 is 5.32 Å². The van der Waals surface area contributed by atoms with Crippen molar-refractivity contribution in [3.8, 4) is 0 Å². The predicted molar refractivity (Wildman–Crippen MR) is 88.5 cm³/mol. The lowest BCUT2D eigenvalue weighted by atomic mass is 10.0. The van der Waals surface area contributed by atoms with E-state index in [-0.39, 0.29) is 0 Å². The van der Waals surface area contributed by atoms with Crippen LogP contribution in [0.15, 0.2) is 42.5 Å². The molecule has 0 aliphatic carbocycles. The summed E-state index contributed by atoms with van der Waals surface area (Å²) in [4.78, 5) is 0. The van der Waals surface area contributed by atoms with Crippen LogP contribution in [0.1, 0.15) is 35.6 Å². The van der Waals surface area contributed by atoms with Crippen LogP contribution in [0.2, 0.25) is 0 Å². The third-order valence-electron chi connectivity index (χ3n) is 3.87. The maximum atomic E-state index is 3.59. The van der Waals surface area contributed by atoms with E-state index in [1.54, 1.807) is 0 Å². The Hall–Kier alpha value is -1.76. The highest BCUT2D eigenvalue weighted by Gasteiger charge is 2.04. The molecule has 20 heavy (non-hydrogen) atoms. The van der Waals surface area contributed by atoms with Gasteiger partial charge in [-0.2, -0.15) is 0 Å². The molecule has 0 heterocycles. The van der Waals surface area contributed by atoms with E-state index < -0.39 is 0 Å². The molecule has 0 aromatic heterocycles. The standard InChI is InChI=1S/C19H25N/c1-14-6-5-7-18(12-14)10-9-17(4)20-19-11-8-15(2)16(3)13-19/h5-8,11-13,17,20H,9-10H2,1-4H3. The van der Waals surface area contributed by atoms with Gasteiger partial charge in [-0.1, -0.05) is 35.9 Å². The Labute approximate surface area is 123 Å². The summed E-state index contributed by atoms with van der Waals surface area (Å²) in [7, 11) is 0. The molecule has 1 N–H and O–H groups in total. The Balaban J connectivity index is 1.89. The first kappa shape index (κ1) is 14.6. The molecule has 106 valence electrons. The van der Waals surface area contributed by atoms with Gasteiger partial charge in [0.2, 0.25) is 0 Å². The molecule has 0 spiro atoms. The largest absolute Gasteiger partial charge is 0.383 e. The molecule has 1 atom stereocenters. The summed E-state index contributed by atoms with van der Waals surface area (Å²) in [5, 5.41) is 3.59. The topological polar surface area (TPSA) is 12.0 Å². The van der Waals surface area contributed by atoms with E-state index in [0.29, 0.717) is 6.04 Å². The van der Waals surface area contributed by atoms with Crippen LogP contribution in [0.5, 0.6) is 0 Å². The fraction of sp³-hybridized carbons (Fsp3) is 0.368. The summed E-state index contributed by atoms with van der Waals surface area (Å²) in [5.74, 6) is 0. The quantitative estimate of drug-likeness (QED) is 0.799. The molecule has 0 saturated carbocycles. The number of hydrogen-bond acceptors (Lipinski definition) is 1. The number of nitrogens with one attached hydrogen (secondary N) is 1. The van der Waals surface area contributed by atoms with Crippen LogP contribution < -0.4 is 5.32 Å². The molecule has 0 radical (unpaired) electrons. The van der Waals surface area contributed by atoms with Crippen molar-refractivity contribution in [2.24, 2.45) is 0 Å². The molecule has 0 fully saturated rings. The normalized spacial score (nSPS) is 12.2. The zero-order chi connectivity index (χ0) is 14.5. The third kappa shape index (κ3) is 4.12. The number of hydrogen-bond donors (Lipinski definition) is 1. The number of aryl methyl sites for hydroxylation is 4. The second kappa shape index (κ2) is 6.60. The maximum Gasteiger partial charge on any atom is 0.0345 e. The highest BCUT2D eigenvalue weighted by Crippen LogP contribution is 2.16.